The quantitative estimate of drug-likeness (QED) is 0.823. The zero-order valence-electron chi connectivity index (χ0n) is 13.5. The maximum atomic E-state index is 6.27. The third-order valence-electron chi connectivity index (χ3n) is 3.71. The molecule has 2 aromatic heterocycles. The van der Waals surface area contributed by atoms with E-state index >= 15 is 0 Å². The standard InChI is InChI=1S/C15H24ClN5/c1-11-9-12(2)21(17-11)8-6-7-19(4)10-14-13(3)18-20(5)15(14)16/h9H,6-8,10H2,1-5H3. The first-order valence-electron chi connectivity index (χ1n) is 7.26. The number of nitrogens with zero attached hydrogens (tertiary/aromatic N) is 5. The van der Waals surface area contributed by atoms with E-state index in [-0.39, 0.29) is 0 Å². The van der Waals surface area contributed by atoms with Crippen LogP contribution in [0.2, 0.25) is 5.15 Å². The van der Waals surface area contributed by atoms with Gasteiger partial charge in [0.05, 0.1) is 11.4 Å². The van der Waals surface area contributed by atoms with Crippen LogP contribution in [0.1, 0.15) is 29.1 Å². The van der Waals surface area contributed by atoms with E-state index in [0.717, 1.165) is 48.2 Å². The maximum absolute atomic E-state index is 6.27. The molecule has 0 aliphatic carbocycles. The molecule has 0 bridgehead atoms. The van der Waals surface area contributed by atoms with E-state index in [1.165, 1.54) is 5.69 Å². The van der Waals surface area contributed by atoms with Crippen LogP contribution in [-0.2, 0) is 20.1 Å². The Labute approximate surface area is 131 Å². The highest BCUT2D eigenvalue weighted by Gasteiger charge is 2.13. The van der Waals surface area contributed by atoms with Crippen LogP contribution in [0.4, 0.5) is 0 Å². The lowest BCUT2D eigenvalue weighted by molar-refractivity contribution is 0.310. The highest BCUT2D eigenvalue weighted by atomic mass is 35.5. The van der Waals surface area contributed by atoms with E-state index in [1.54, 1.807) is 4.68 Å². The normalized spacial score (nSPS) is 11.6. The van der Waals surface area contributed by atoms with Crippen molar-refractivity contribution in [3.63, 3.8) is 0 Å². The van der Waals surface area contributed by atoms with Gasteiger partial charge in [-0.05, 0) is 46.9 Å². The van der Waals surface area contributed by atoms with Gasteiger partial charge in [-0.25, -0.2) is 0 Å². The van der Waals surface area contributed by atoms with Gasteiger partial charge in [-0.1, -0.05) is 11.6 Å². The van der Waals surface area contributed by atoms with Crippen LogP contribution < -0.4 is 0 Å². The molecule has 0 radical (unpaired) electrons. The van der Waals surface area contributed by atoms with Crippen LogP contribution in [0.5, 0.6) is 0 Å². The molecule has 0 aliphatic rings. The third kappa shape index (κ3) is 3.86. The van der Waals surface area contributed by atoms with E-state index in [9.17, 15) is 0 Å². The monoisotopic (exact) mass is 309 g/mol. The van der Waals surface area contributed by atoms with Gasteiger partial charge in [0.25, 0.3) is 0 Å². The lowest BCUT2D eigenvalue weighted by Gasteiger charge is -2.16. The van der Waals surface area contributed by atoms with Crippen LogP contribution in [0.25, 0.3) is 0 Å². The van der Waals surface area contributed by atoms with Crippen LogP contribution in [0, 0.1) is 20.8 Å². The second kappa shape index (κ2) is 6.62. The fourth-order valence-corrected chi connectivity index (χ4v) is 2.83. The predicted octanol–water partition coefficient (Wildman–Crippen LogP) is 2.72. The predicted molar refractivity (Wildman–Crippen MR) is 85.6 cm³/mol. The summed E-state index contributed by atoms with van der Waals surface area (Å²) in [5.74, 6) is 0. The van der Waals surface area contributed by atoms with Gasteiger partial charge >= 0.3 is 0 Å². The Balaban J connectivity index is 1.85. The molecule has 0 N–H and O–H groups in total. The Morgan fingerprint density at radius 1 is 1.24 bits per heavy atom. The van der Waals surface area contributed by atoms with E-state index in [2.05, 4.69) is 39.8 Å². The largest absolute Gasteiger partial charge is 0.302 e. The molecule has 116 valence electrons. The molecule has 21 heavy (non-hydrogen) atoms. The fraction of sp³-hybridized carbons (Fsp3) is 0.600. The van der Waals surface area contributed by atoms with Gasteiger partial charge in [-0.3, -0.25) is 9.36 Å². The summed E-state index contributed by atoms with van der Waals surface area (Å²) < 4.78 is 3.81. The van der Waals surface area contributed by atoms with Crippen LogP contribution in [-0.4, -0.2) is 38.1 Å². The minimum Gasteiger partial charge on any atom is -0.302 e. The smallest absolute Gasteiger partial charge is 0.131 e. The average Bonchev–Trinajstić information content (AvgIpc) is 2.84. The van der Waals surface area contributed by atoms with Gasteiger partial charge in [-0.15, -0.1) is 0 Å². The van der Waals surface area contributed by atoms with Gasteiger partial charge in [-0.2, -0.15) is 10.2 Å². The molecule has 0 amide bonds. The van der Waals surface area contributed by atoms with Crippen molar-refractivity contribution < 1.29 is 0 Å². The first-order valence-corrected chi connectivity index (χ1v) is 7.64. The van der Waals surface area contributed by atoms with Gasteiger partial charge in [0.1, 0.15) is 5.15 Å². The lowest BCUT2D eigenvalue weighted by atomic mass is 10.2. The number of aryl methyl sites for hydroxylation is 5. The first-order chi connectivity index (χ1) is 9.88. The van der Waals surface area contributed by atoms with Gasteiger partial charge in [0.15, 0.2) is 0 Å². The number of hydrogen-bond donors (Lipinski definition) is 0. The topological polar surface area (TPSA) is 38.9 Å². The number of aromatic nitrogens is 4. The Hall–Kier alpha value is -1.33. The van der Waals surface area contributed by atoms with Crippen molar-refractivity contribution in [1.82, 2.24) is 24.5 Å². The molecule has 6 heteroatoms. The van der Waals surface area contributed by atoms with Gasteiger partial charge < -0.3 is 4.90 Å². The molecule has 0 aromatic carbocycles. The van der Waals surface area contributed by atoms with Crippen molar-refractivity contribution in [3.05, 3.63) is 33.9 Å². The molecule has 0 unspecified atom stereocenters. The molecule has 2 rings (SSSR count). The molecular formula is C15H24ClN5. The summed E-state index contributed by atoms with van der Waals surface area (Å²) in [6.07, 6.45) is 1.06. The van der Waals surface area contributed by atoms with Crippen molar-refractivity contribution in [2.24, 2.45) is 7.05 Å². The summed E-state index contributed by atoms with van der Waals surface area (Å²) in [5.41, 5.74) is 4.43. The van der Waals surface area contributed by atoms with Crippen molar-refractivity contribution in [2.75, 3.05) is 13.6 Å². The maximum Gasteiger partial charge on any atom is 0.131 e. The van der Waals surface area contributed by atoms with Crippen LogP contribution in [0.3, 0.4) is 0 Å². The molecule has 0 fully saturated rings. The fourth-order valence-electron chi connectivity index (χ4n) is 2.59. The highest BCUT2D eigenvalue weighted by molar-refractivity contribution is 6.30. The SMILES string of the molecule is Cc1cc(C)n(CCCN(C)Cc2c(C)nn(C)c2Cl)n1. The molecular weight excluding hydrogens is 286 g/mol. The van der Waals surface area contributed by atoms with Crippen LogP contribution >= 0.6 is 11.6 Å². The Morgan fingerprint density at radius 2 is 1.95 bits per heavy atom. The third-order valence-corrected chi connectivity index (χ3v) is 4.18. The minimum atomic E-state index is 0.734. The summed E-state index contributed by atoms with van der Waals surface area (Å²) in [6, 6.07) is 2.11. The van der Waals surface area contributed by atoms with Crippen molar-refractivity contribution >= 4 is 11.6 Å². The zero-order valence-corrected chi connectivity index (χ0v) is 14.3. The molecule has 0 atom stereocenters. The van der Waals surface area contributed by atoms with E-state index in [0.29, 0.717) is 0 Å². The molecule has 0 spiro atoms. The molecule has 0 aliphatic heterocycles. The Morgan fingerprint density at radius 3 is 2.48 bits per heavy atom. The van der Waals surface area contributed by atoms with Gasteiger partial charge in [0.2, 0.25) is 0 Å². The summed E-state index contributed by atoms with van der Waals surface area (Å²) >= 11 is 6.27. The minimum absolute atomic E-state index is 0.734. The first kappa shape index (κ1) is 16.0. The Bertz CT molecular complexity index is 614. The van der Waals surface area contributed by atoms with Crippen LogP contribution in [0.15, 0.2) is 6.07 Å². The van der Waals surface area contributed by atoms with E-state index in [4.69, 9.17) is 11.6 Å². The average molecular weight is 310 g/mol. The van der Waals surface area contributed by atoms with Crippen molar-refractivity contribution in [2.45, 2.75) is 40.3 Å². The highest BCUT2D eigenvalue weighted by Crippen LogP contribution is 2.20. The van der Waals surface area contributed by atoms with Crippen molar-refractivity contribution in [1.29, 1.82) is 0 Å². The second-order valence-electron chi connectivity index (χ2n) is 5.72. The zero-order chi connectivity index (χ0) is 15.6. The summed E-state index contributed by atoms with van der Waals surface area (Å²) in [7, 11) is 3.99. The Kier molecular flexibility index (Phi) is 5.06. The number of hydrogen-bond acceptors (Lipinski definition) is 3. The van der Waals surface area contributed by atoms with E-state index < -0.39 is 0 Å². The molecule has 0 saturated heterocycles. The van der Waals surface area contributed by atoms with Gasteiger partial charge in [0, 0.05) is 31.4 Å². The van der Waals surface area contributed by atoms with Crippen molar-refractivity contribution in [3.8, 4) is 0 Å². The molecule has 5 nitrogen and oxygen atoms in total. The number of halogens is 1. The molecule has 2 aromatic rings. The molecule has 2 heterocycles. The number of rotatable bonds is 6. The van der Waals surface area contributed by atoms with E-state index in [1.807, 2.05) is 20.9 Å². The summed E-state index contributed by atoms with van der Waals surface area (Å²) in [4.78, 5) is 2.28. The lowest BCUT2D eigenvalue weighted by Crippen LogP contribution is -2.21. The summed E-state index contributed by atoms with van der Waals surface area (Å²) in [6.45, 7) is 8.92. The second-order valence-corrected chi connectivity index (χ2v) is 6.08. The molecule has 0 saturated carbocycles. The summed E-state index contributed by atoms with van der Waals surface area (Å²) in [5, 5.41) is 9.57.